The molecule has 0 radical (unpaired) electrons. The van der Waals surface area contributed by atoms with Gasteiger partial charge in [-0.1, -0.05) is 6.07 Å². The lowest BCUT2D eigenvalue weighted by Crippen LogP contribution is -2.33. The predicted molar refractivity (Wildman–Crippen MR) is 117 cm³/mol. The van der Waals surface area contributed by atoms with Crippen LogP contribution in [-0.4, -0.2) is 38.2 Å². The lowest BCUT2D eigenvalue weighted by Gasteiger charge is -2.29. The fraction of sp³-hybridized carbons (Fsp3) is 0.240. The molecule has 3 aromatic rings. The summed E-state index contributed by atoms with van der Waals surface area (Å²) in [6, 6.07) is 13.1. The lowest BCUT2D eigenvalue weighted by molar-refractivity contribution is 0.0949. The molecule has 0 unspecified atom stereocenters. The highest BCUT2D eigenvalue weighted by molar-refractivity contribution is 6.14. The zero-order chi connectivity index (χ0) is 22.1. The molecule has 0 N–H and O–H groups in total. The molecule has 164 valence electrons. The van der Waals surface area contributed by atoms with Crippen molar-refractivity contribution in [2.45, 2.75) is 13.0 Å². The van der Waals surface area contributed by atoms with E-state index in [9.17, 15) is 4.79 Å². The second-order valence-electron chi connectivity index (χ2n) is 7.64. The highest BCUT2D eigenvalue weighted by Gasteiger charge is 2.33. The van der Waals surface area contributed by atoms with Gasteiger partial charge in [0.05, 0.1) is 31.6 Å². The summed E-state index contributed by atoms with van der Waals surface area (Å²) in [5.74, 6) is 3.42. The number of Topliss-reactive ketones (excluding diaryl/α,β-unsaturated/α-hetero) is 1. The highest BCUT2D eigenvalue weighted by atomic mass is 16.5. The molecule has 0 aliphatic carbocycles. The van der Waals surface area contributed by atoms with Gasteiger partial charge in [-0.05, 0) is 48.4 Å². The maximum absolute atomic E-state index is 12.8. The number of benzene rings is 2. The van der Waals surface area contributed by atoms with Crippen molar-refractivity contribution in [3.05, 3.63) is 76.9 Å². The van der Waals surface area contributed by atoms with Gasteiger partial charge >= 0.3 is 0 Å². The van der Waals surface area contributed by atoms with Crippen molar-refractivity contribution in [2.75, 3.05) is 27.5 Å². The van der Waals surface area contributed by atoms with Gasteiger partial charge in [0, 0.05) is 19.2 Å². The van der Waals surface area contributed by atoms with Crippen LogP contribution in [0.15, 0.2) is 58.9 Å². The fourth-order valence-electron chi connectivity index (χ4n) is 3.97. The minimum atomic E-state index is -0.151. The van der Waals surface area contributed by atoms with Gasteiger partial charge < -0.3 is 23.4 Å². The Labute approximate surface area is 185 Å². The molecule has 0 spiro atoms. The molecule has 0 amide bonds. The van der Waals surface area contributed by atoms with Crippen LogP contribution in [0.1, 0.15) is 27.2 Å². The average Bonchev–Trinajstić information content (AvgIpc) is 3.45. The number of furan rings is 1. The third kappa shape index (κ3) is 3.71. The number of hydrogen-bond acceptors (Lipinski definition) is 7. The quantitative estimate of drug-likeness (QED) is 0.537. The van der Waals surface area contributed by atoms with E-state index in [1.807, 2.05) is 24.3 Å². The zero-order valence-corrected chi connectivity index (χ0v) is 17.9. The van der Waals surface area contributed by atoms with E-state index in [2.05, 4.69) is 4.90 Å². The molecule has 7 nitrogen and oxygen atoms in total. The first kappa shape index (κ1) is 20.2. The SMILES string of the molecule is COc1ccc(CCN2COc3ccc4c(c3C2)O/C(=C\c2ccco2)C4=O)cc1OC. The standard InChI is InChI=1S/C25H23NO6/c1-28-21-7-5-16(12-22(21)29-2)9-10-26-14-19-20(31-15-26)8-6-18-24(27)23(32-25(18)19)13-17-4-3-11-30-17/h3-8,11-13H,9-10,14-15H2,1-2H3/b23-13-. The van der Waals surface area contributed by atoms with E-state index in [-0.39, 0.29) is 11.5 Å². The predicted octanol–water partition coefficient (Wildman–Crippen LogP) is 4.31. The largest absolute Gasteiger partial charge is 0.493 e. The molecule has 3 heterocycles. The van der Waals surface area contributed by atoms with Crippen LogP contribution in [0.4, 0.5) is 0 Å². The Morgan fingerprint density at radius 1 is 1.09 bits per heavy atom. The van der Waals surface area contributed by atoms with E-state index in [0.29, 0.717) is 41.8 Å². The van der Waals surface area contributed by atoms with E-state index in [4.69, 9.17) is 23.4 Å². The fourth-order valence-corrected chi connectivity index (χ4v) is 3.97. The summed E-state index contributed by atoms with van der Waals surface area (Å²) in [6.45, 7) is 1.89. The number of nitrogens with zero attached hydrogens (tertiary/aromatic N) is 1. The molecular weight excluding hydrogens is 410 g/mol. The minimum absolute atomic E-state index is 0.151. The Hall–Kier alpha value is -3.71. The van der Waals surface area contributed by atoms with E-state index in [1.54, 1.807) is 44.8 Å². The summed E-state index contributed by atoms with van der Waals surface area (Å²) >= 11 is 0. The van der Waals surface area contributed by atoms with Gasteiger partial charge in [-0.3, -0.25) is 9.69 Å². The van der Waals surface area contributed by atoms with Crippen LogP contribution in [-0.2, 0) is 13.0 Å². The molecule has 2 aliphatic heterocycles. The molecule has 2 aromatic carbocycles. The Bertz CT molecular complexity index is 1180. The van der Waals surface area contributed by atoms with Crippen molar-refractivity contribution < 1.29 is 28.2 Å². The van der Waals surface area contributed by atoms with Gasteiger partial charge in [-0.15, -0.1) is 0 Å². The van der Waals surface area contributed by atoms with Crippen LogP contribution < -0.4 is 18.9 Å². The van der Waals surface area contributed by atoms with Crippen molar-refractivity contribution in [1.29, 1.82) is 0 Å². The molecule has 0 saturated carbocycles. The lowest BCUT2D eigenvalue weighted by atomic mass is 10.0. The van der Waals surface area contributed by atoms with Crippen molar-refractivity contribution >= 4 is 11.9 Å². The minimum Gasteiger partial charge on any atom is -0.493 e. The van der Waals surface area contributed by atoms with Crippen LogP contribution in [0.3, 0.4) is 0 Å². The van der Waals surface area contributed by atoms with Gasteiger partial charge in [0.25, 0.3) is 0 Å². The monoisotopic (exact) mass is 433 g/mol. The Morgan fingerprint density at radius 3 is 2.75 bits per heavy atom. The number of carbonyl (C=O) groups is 1. The number of hydrogen-bond donors (Lipinski definition) is 0. The third-order valence-corrected chi connectivity index (χ3v) is 5.66. The van der Waals surface area contributed by atoms with E-state index in [0.717, 1.165) is 29.8 Å². The molecule has 0 bridgehead atoms. The van der Waals surface area contributed by atoms with Crippen LogP contribution in [0, 0.1) is 0 Å². The smallest absolute Gasteiger partial charge is 0.232 e. The second-order valence-corrected chi connectivity index (χ2v) is 7.64. The van der Waals surface area contributed by atoms with Gasteiger partial charge in [-0.25, -0.2) is 0 Å². The number of ketones is 1. The number of rotatable bonds is 6. The van der Waals surface area contributed by atoms with Crippen LogP contribution in [0.5, 0.6) is 23.0 Å². The number of carbonyl (C=O) groups excluding carboxylic acids is 1. The maximum Gasteiger partial charge on any atom is 0.232 e. The van der Waals surface area contributed by atoms with E-state index < -0.39 is 0 Å². The molecule has 7 heteroatoms. The normalized spacial score (nSPS) is 16.3. The van der Waals surface area contributed by atoms with Crippen molar-refractivity contribution in [1.82, 2.24) is 4.90 Å². The second kappa shape index (κ2) is 8.43. The highest BCUT2D eigenvalue weighted by Crippen LogP contribution is 2.42. The molecule has 0 saturated heterocycles. The number of methoxy groups -OCH3 is 2. The molecule has 0 fully saturated rings. The van der Waals surface area contributed by atoms with Gasteiger partial charge in [0.2, 0.25) is 5.78 Å². The maximum atomic E-state index is 12.8. The molecular formula is C25H23NO6. The summed E-state index contributed by atoms with van der Waals surface area (Å²) in [7, 11) is 3.26. The zero-order valence-electron chi connectivity index (χ0n) is 17.9. The number of allylic oxidation sites excluding steroid dienone is 1. The van der Waals surface area contributed by atoms with E-state index in [1.165, 1.54) is 0 Å². The Balaban J connectivity index is 1.32. The van der Waals surface area contributed by atoms with Gasteiger partial charge in [0.15, 0.2) is 17.3 Å². The first-order chi connectivity index (χ1) is 15.7. The molecule has 32 heavy (non-hydrogen) atoms. The summed E-state index contributed by atoms with van der Waals surface area (Å²) in [4.78, 5) is 15.0. The summed E-state index contributed by atoms with van der Waals surface area (Å²) in [5.41, 5.74) is 2.57. The Morgan fingerprint density at radius 2 is 1.97 bits per heavy atom. The van der Waals surface area contributed by atoms with E-state index >= 15 is 0 Å². The van der Waals surface area contributed by atoms with Crippen LogP contribution in [0.25, 0.3) is 6.08 Å². The number of fused-ring (bicyclic) bond motifs is 3. The van der Waals surface area contributed by atoms with Gasteiger partial charge in [-0.2, -0.15) is 0 Å². The molecule has 0 atom stereocenters. The first-order valence-corrected chi connectivity index (χ1v) is 10.4. The summed E-state index contributed by atoms with van der Waals surface area (Å²) in [5, 5.41) is 0. The third-order valence-electron chi connectivity index (χ3n) is 5.66. The average molecular weight is 433 g/mol. The molecule has 2 aliphatic rings. The molecule has 1 aromatic heterocycles. The van der Waals surface area contributed by atoms with Crippen LogP contribution in [0.2, 0.25) is 0 Å². The topological polar surface area (TPSA) is 70.4 Å². The van der Waals surface area contributed by atoms with Gasteiger partial charge in [0.1, 0.15) is 24.0 Å². The first-order valence-electron chi connectivity index (χ1n) is 10.4. The summed E-state index contributed by atoms with van der Waals surface area (Å²) in [6.07, 6.45) is 4.00. The molecule has 5 rings (SSSR count). The van der Waals surface area contributed by atoms with Crippen LogP contribution >= 0.6 is 0 Å². The van der Waals surface area contributed by atoms with Crippen molar-refractivity contribution in [3.8, 4) is 23.0 Å². The Kier molecular flexibility index (Phi) is 5.33. The summed E-state index contributed by atoms with van der Waals surface area (Å²) < 4.78 is 28.0. The van der Waals surface area contributed by atoms with Crippen molar-refractivity contribution in [3.63, 3.8) is 0 Å². The number of ether oxygens (including phenoxy) is 4. The van der Waals surface area contributed by atoms with Crippen molar-refractivity contribution in [2.24, 2.45) is 0 Å².